The molecule has 0 radical (unpaired) electrons. The standard InChI is InChI=1S/C22H16BrN3O3/c1-29-15-8-6-7-14(13-15)20-24-19-12-5-3-10-17(19)22(28)26(20)25-21(27)16-9-2-4-11-18(16)23/h2-13H,1H3,(H,25,27). The van der Waals surface area contributed by atoms with Gasteiger partial charge in [-0.05, 0) is 52.3 Å². The number of amides is 1. The monoisotopic (exact) mass is 449 g/mol. The molecule has 29 heavy (non-hydrogen) atoms. The summed E-state index contributed by atoms with van der Waals surface area (Å²) < 4.78 is 7.10. The van der Waals surface area contributed by atoms with Crippen LogP contribution in [0.25, 0.3) is 22.3 Å². The highest BCUT2D eigenvalue weighted by Crippen LogP contribution is 2.23. The Balaban J connectivity index is 1.91. The van der Waals surface area contributed by atoms with E-state index in [0.717, 1.165) is 0 Å². The molecule has 7 heteroatoms. The molecule has 0 aliphatic heterocycles. The molecule has 3 aromatic carbocycles. The fourth-order valence-corrected chi connectivity index (χ4v) is 3.46. The van der Waals surface area contributed by atoms with Crippen molar-refractivity contribution in [1.82, 2.24) is 9.66 Å². The van der Waals surface area contributed by atoms with E-state index in [-0.39, 0.29) is 5.56 Å². The molecular formula is C22H16BrN3O3. The van der Waals surface area contributed by atoms with Crippen LogP contribution in [0.15, 0.2) is 82.1 Å². The molecule has 1 N–H and O–H groups in total. The molecular weight excluding hydrogens is 434 g/mol. The topological polar surface area (TPSA) is 73.2 Å². The first-order chi connectivity index (χ1) is 14.1. The molecule has 0 fully saturated rings. The third-order valence-electron chi connectivity index (χ3n) is 4.44. The number of hydrogen-bond acceptors (Lipinski definition) is 4. The molecule has 4 rings (SSSR count). The predicted molar refractivity (Wildman–Crippen MR) is 116 cm³/mol. The lowest BCUT2D eigenvalue weighted by Crippen LogP contribution is -2.35. The van der Waals surface area contributed by atoms with Crippen LogP contribution in [-0.4, -0.2) is 22.7 Å². The van der Waals surface area contributed by atoms with Crippen LogP contribution in [-0.2, 0) is 0 Å². The van der Waals surface area contributed by atoms with Crippen LogP contribution in [0.3, 0.4) is 0 Å². The van der Waals surface area contributed by atoms with Crippen LogP contribution in [0.1, 0.15) is 10.4 Å². The zero-order valence-electron chi connectivity index (χ0n) is 15.4. The van der Waals surface area contributed by atoms with Crippen LogP contribution >= 0.6 is 15.9 Å². The first kappa shape index (κ1) is 18.9. The molecule has 0 saturated heterocycles. The Bertz CT molecular complexity index is 1280. The number of nitrogens with one attached hydrogen (secondary N) is 1. The number of aromatic nitrogens is 2. The highest BCUT2D eigenvalue weighted by atomic mass is 79.9. The van der Waals surface area contributed by atoms with Crippen molar-refractivity contribution in [3.63, 3.8) is 0 Å². The minimum absolute atomic E-state index is 0.313. The van der Waals surface area contributed by atoms with Crippen molar-refractivity contribution in [3.8, 4) is 17.1 Å². The highest BCUT2D eigenvalue weighted by molar-refractivity contribution is 9.10. The van der Waals surface area contributed by atoms with Crippen molar-refractivity contribution >= 4 is 32.7 Å². The number of carbonyl (C=O) groups is 1. The SMILES string of the molecule is COc1cccc(-c2nc3ccccc3c(=O)n2NC(=O)c2ccccc2Br)c1. The Morgan fingerprint density at radius 1 is 1.03 bits per heavy atom. The number of rotatable bonds is 4. The third kappa shape index (κ3) is 3.64. The minimum atomic E-state index is -0.430. The number of hydrogen-bond donors (Lipinski definition) is 1. The van der Waals surface area contributed by atoms with E-state index in [0.29, 0.717) is 38.1 Å². The minimum Gasteiger partial charge on any atom is -0.497 e. The van der Waals surface area contributed by atoms with Crippen LogP contribution in [0, 0.1) is 0 Å². The molecule has 0 spiro atoms. The molecule has 0 atom stereocenters. The first-order valence-electron chi connectivity index (χ1n) is 8.80. The summed E-state index contributed by atoms with van der Waals surface area (Å²) in [5, 5.41) is 0.409. The van der Waals surface area contributed by atoms with Gasteiger partial charge in [-0.25, -0.2) is 4.98 Å². The predicted octanol–water partition coefficient (Wildman–Crippen LogP) is 4.22. The first-order valence-corrected chi connectivity index (χ1v) is 9.60. The number of carbonyl (C=O) groups excluding carboxylic acids is 1. The Labute approximate surface area is 174 Å². The van der Waals surface area contributed by atoms with Crippen molar-refractivity contribution in [2.75, 3.05) is 12.5 Å². The van der Waals surface area contributed by atoms with E-state index in [1.807, 2.05) is 12.1 Å². The molecule has 0 aliphatic rings. The quantitative estimate of drug-likeness (QED) is 0.506. The summed E-state index contributed by atoms with van der Waals surface area (Å²) in [5.41, 5.74) is 3.92. The van der Waals surface area contributed by atoms with Crippen molar-refractivity contribution in [2.45, 2.75) is 0 Å². The summed E-state index contributed by atoms with van der Waals surface area (Å²) in [6.45, 7) is 0. The molecule has 0 unspecified atom stereocenters. The van der Waals surface area contributed by atoms with Crippen LogP contribution in [0.4, 0.5) is 0 Å². The Morgan fingerprint density at radius 3 is 2.59 bits per heavy atom. The van der Waals surface area contributed by atoms with Gasteiger partial charge in [0, 0.05) is 10.0 Å². The zero-order chi connectivity index (χ0) is 20.4. The summed E-state index contributed by atoms with van der Waals surface area (Å²) in [7, 11) is 1.56. The van der Waals surface area contributed by atoms with Gasteiger partial charge in [0.1, 0.15) is 5.75 Å². The maximum Gasteiger partial charge on any atom is 0.280 e. The maximum absolute atomic E-state index is 13.2. The average Bonchev–Trinajstić information content (AvgIpc) is 2.76. The number of nitrogens with zero attached hydrogens (tertiary/aromatic N) is 2. The lowest BCUT2D eigenvalue weighted by atomic mass is 10.1. The van der Waals surface area contributed by atoms with Crippen molar-refractivity contribution in [2.24, 2.45) is 0 Å². The van der Waals surface area contributed by atoms with Crippen molar-refractivity contribution < 1.29 is 9.53 Å². The second kappa shape index (κ2) is 7.89. The van der Waals surface area contributed by atoms with Gasteiger partial charge >= 0.3 is 0 Å². The summed E-state index contributed by atoms with van der Waals surface area (Å²) >= 11 is 3.37. The molecule has 4 aromatic rings. The molecule has 0 bridgehead atoms. The molecule has 0 saturated carbocycles. The van der Waals surface area contributed by atoms with Gasteiger partial charge in [0.05, 0.1) is 23.6 Å². The molecule has 144 valence electrons. The van der Waals surface area contributed by atoms with Crippen LogP contribution in [0.5, 0.6) is 5.75 Å². The van der Waals surface area contributed by atoms with Crippen molar-refractivity contribution in [3.05, 3.63) is 93.2 Å². The van der Waals surface area contributed by atoms with Gasteiger partial charge in [0.25, 0.3) is 11.5 Å². The van der Waals surface area contributed by atoms with Gasteiger partial charge in [0.15, 0.2) is 5.82 Å². The van der Waals surface area contributed by atoms with Gasteiger partial charge in [-0.15, -0.1) is 0 Å². The lowest BCUT2D eigenvalue weighted by Gasteiger charge is -2.15. The molecule has 0 aliphatic carbocycles. The van der Waals surface area contributed by atoms with Gasteiger partial charge in [0.2, 0.25) is 0 Å². The van der Waals surface area contributed by atoms with E-state index in [2.05, 4.69) is 26.3 Å². The maximum atomic E-state index is 13.2. The van der Waals surface area contributed by atoms with Crippen LogP contribution in [0.2, 0.25) is 0 Å². The third-order valence-corrected chi connectivity index (χ3v) is 5.13. The summed E-state index contributed by atoms with van der Waals surface area (Å²) in [4.78, 5) is 30.7. The molecule has 1 amide bonds. The molecule has 1 heterocycles. The van der Waals surface area contributed by atoms with Crippen LogP contribution < -0.4 is 15.7 Å². The van der Waals surface area contributed by atoms with E-state index in [1.54, 1.807) is 67.8 Å². The van der Waals surface area contributed by atoms with Gasteiger partial charge in [-0.2, -0.15) is 4.68 Å². The van der Waals surface area contributed by atoms with Gasteiger partial charge < -0.3 is 4.74 Å². The smallest absolute Gasteiger partial charge is 0.280 e. The number of benzene rings is 3. The van der Waals surface area contributed by atoms with E-state index in [9.17, 15) is 9.59 Å². The fourth-order valence-electron chi connectivity index (χ4n) is 3.00. The fraction of sp³-hybridized carbons (Fsp3) is 0.0455. The second-order valence-electron chi connectivity index (χ2n) is 6.25. The Kier molecular flexibility index (Phi) is 5.14. The molecule has 1 aromatic heterocycles. The Hall–Kier alpha value is -3.45. The van der Waals surface area contributed by atoms with Gasteiger partial charge in [-0.1, -0.05) is 36.4 Å². The molecule has 6 nitrogen and oxygen atoms in total. The van der Waals surface area contributed by atoms with Crippen molar-refractivity contribution in [1.29, 1.82) is 0 Å². The summed E-state index contributed by atoms with van der Waals surface area (Å²) in [5.74, 6) is 0.502. The number of methoxy groups -OCH3 is 1. The Morgan fingerprint density at radius 2 is 1.79 bits per heavy atom. The average molecular weight is 450 g/mol. The highest BCUT2D eigenvalue weighted by Gasteiger charge is 2.17. The van der Waals surface area contributed by atoms with E-state index in [4.69, 9.17) is 4.74 Å². The summed E-state index contributed by atoms with van der Waals surface area (Å²) in [6, 6.07) is 21.2. The number of halogens is 1. The van der Waals surface area contributed by atoms with E-state index < -0.39 is 5.91 Å². The lowest BCUT2D eigenvalue weighted by molar-refractivity contribution is 0.101. The normalized spacial score (nSPS) is 10.7. The summed E-state index contributed by atoms with van der Waals surface area (Å²) in [6.07, 6.45) is 0. The van der Waals surface area contributed by atoms with Gasteiger partial charge in [-0.3, -0.25) is 15.0 Å². The van der Waals surface area contributed by atoms with E-state index in [1.165, 1.54) is 4.68 Å². The number of fused-ring (bicyclic) bond motifs is 1. The zero-order valence-corrected chi connectivity index (χ0v) is 17.0. The number of para-hydroxylation sites is 1. The largest absolute Gasteiger partial charge is 0.497 e. The second-order valence-corrected chi connectivity index (χ2v) is 7.10. The number of ether oxygens (including phenoxy) is 1. The van der Waals surface area contributed by atoms with E-state index >= 15 is 0 Å².